The van der Waals surface area contributed by atoms with Crippen LogP contribution in [0.4, 0.5) is 0 Å². The third-order valence-corrected chi connectivity index (χ3v) is 10.7. The zero-order chi connectivity index (χ0) is 42.7. The van der Waals surface area contributed by atoms with Gasteiger partial charge in [-0.05, 0) is 44.4 Å². The highest BCUT2D eigenvalue weighted by atomic mass is 16.7. The Morgan fingerprint density at radius 2 is 1.68 bits per heavy atom. The lowest BCUT2D eigenvalue weighted by Gasteiger charge is -2.53. The number of amides is 1. The second-order valence-corrected chi connectivity index (χ2v) is 15.0. The lowest BCUT2D eigenvalue weighted by molar-refractivity contribution is -0.359. The number of aliphatic hydroxyl groups is 5. The highest BCUT2D eigenvalue weighted by Crippen LogP contribution is 2.44. The first kappa shape index (κ1) is 47.1. The maximum atomic E-state index is 13.3. The number of aliphatic hydroxyl groups excluding tert-OH is 4. The lowest BCUT2D eigenvalue weighted by atomic mass is 9.71. The maximum Gasteiger partial charge on any atom is 0.262 e. The van der Waals surface area contributed by atoms with Crippen LogP contribution in [-0.2, 0) is 19.0 Å². The van der Waals surface area contributed by atoms with Gasteiger partial charge < -0.3 is 55.2 Å². The van der Waals surface area contributed by atoms with Gasteiger partial charge in [-0.1, -0.05) is 101 Å². The summed E-state index contributed by atoms with van der Waals surface area (Å²) in [7, 11) is 1.52. The van der Waals surface area contributed by atoms with Gasteiger partial charge in [-0.15, -0.1) is 0 Å². The van der Waals surface area contributed by atoms with E-state index in [9.17, 15) is 45.0 Å². The molecule has 11 atom stereocenters. The molecule has 2 saturated heterocycles. The standard InChI is InChI=1S/C43H60N2O12/c1-9-11-13-21-31-42(6,7)38(50)39(51)43(54,57-31)28(10-2)40(52)44-23-17-16-19-26(4)36(55-8)27(5)37-35(49)34(48)30(56-37)20-15-12-14-18-25(3)33(47)32-29(46)22-24-45-41(32)53/h9,11-22,24,27-28,30-31,34-39,48-51,54H,10,23H2,1-8H3,(H,44,52)(H2,45,46,53)/b11-9+,14-12+,17-16+,20-15+,21-13+,25-18+,26-19+/t27-,28+,30+,31-,34-,35-,36-,37-,38+,39-,43+/m0/s1. The van der Waals surface area contributed by atoms with Crippen molar-refractivity contribution in [1.29, 1.82) is 0 Å². The first-order chi connectivity index (χ1) is 26.9. The third kappa shape index (κ3) is 11.0. The van der Waals surface area contributed by atoms with E-state index in [1.165, 1.54) is 32.4 Å². The zero-order valence-corrected chi connectivity index (χ0v) is 33.9. The number of Topliss-reactive ketones (excluding diaryl/α,β-unsaturated/α-hetero) is 1. The summed E-state index contributed by atoms with van der Waals surface area (Å²) in [6.45, 7) is 12.2. The molecule has 57 heavy (non-hydrogen) atoms. The number of carbonyl (C=O) groups is 2. The average molecular weight is 797 g/mol. The largest absolute Gasteiger partial charge is 0.507 e. The molecule has 1 amide bonds. The number of pyridine rings is 1. The van der Waals surface area contributed by atoms with Gasteiger partial charge in [0.15, 0.2) is 5.78 Å². The second-order valence-electron chi connectivity index (χ2n) is 15.0. The van der Waals surface area contributed by atoms with E-state index >= 15 is 0 Å². The van der Waals surface area contributed by atoms with Crippen LogP contribution in [0.25, 0.3) is 0 Å². The molecule has 14 heteroatoms. The number of nitrogens with one attached hydrogen (secondary N) is 2. The van der Waals surface area contributed by atoms with Crippen molar-refractivity contribution in [2.75, 3.05) is 13.7 Å². The number of ether oxygens (including phenoxy) is 3. The molecule has 2 aliphatic heterocycles. The third-order valence-electron chi connectivity index (χ3n) is 10.7. The minimum Gasteiger partial charge on any atom is -0.507 e. The van der Waals surface area contributed by atoms with Gasteiger partial charge in [0.25, 0.3) is 5.56 Å². The predicted molar refractivity (Wildman–Crippen MR) is 215 cm³/mol. The number of H-pyrrole nitrogens is 1. The molecule has 14 nitrogen and oxygen atoms in total. The van der Waals surface area contributed by atoms with Gasteiger partial charge in [-0.25, -0.2) is 0 Å². The Balaban J connectivity index is 1.60. The van der Waals surface area contributed by atoms with Gasteiger partial charge in [0.2, 0.25) is 11.7 Å². The Hall–Kier alpha value is -4.25. The Morgan fingerprint density at radius 3 is 2.32 bits per heavy atom. The Bertz CT molecular complexity index is 1810. The number of hydrogen-bond acceptors (Lipinski definition) is 12. The summed E-state index contributed by atoms with van der Waals surface area (Å²) >= 11 is 0. The van der Waals surface area contributed by atoms with E-state index in [1.54, 1.807) is 81.5 Å². The summed E-state index contributed by atoms with van der Waals surface area (Å²) in [6.07, 6.45) is 12.8. The van der Waals surface area contributed by atoms with Crippen molar-refractivity contribution in [3.8, 4) is 5.75 Å². The molecule has 0 aromatic carbocycles. The fourth-order valence-electron chi connectivity index (χ4n) is 7.12. The molecule has 314 valence electrons. The topological polar surface area (TPSA) is 228 Å². The number of rotatable bonds is 17. The van der Waals surface area contributed by atoms with Crippen LogP contribution < -0.4 is 10.9 Å². The predicted octanol–water partition coefficient (Wildman–Crippen LogP) is 3.07. The molecule has 2 fully saturated rings. The molecular formula is C43H60N2O12. The zero-order valence-electron chi connectivity index (χ0n) is 33.9. The number of aromatic amines is 1. The molecular weight excluding hydrogens is 736 g/mol. The van der Waals surface area contributed by atoms with Crippen LogP contribution in [0.3, 0.4) is 0 Å². The average Bonchev–Trinajstić information content (AvgIpc) is 3.45. The van der Waals surface area contributed by atoms with E-state index < -0.39 is 94.9 Å². The molecule has 1 aromatic heterocycles. The van der Waals surface area contributed by atoms with Crippen molar-refractivity contribution < 1.29 is 54.4 Å². The van der Waals surface area contributed by atoms with Crippen LogP contribution >= 0.6 is 0 Å². The van der Waals surface area contributed by atoms with Crippen molar-refractivity contribution in [3.63, 3.8) is 0 Å². The minimum atomic E-state index is -2.34. The van der Waals surface area contributed by atoms with Gasteiger partial charge in [0.1, 0.15) is 35.7 Å². The van der Waals surface area contributed by atoms with Crippen LogP contribution in [0.5, 0.6) is 5.75 Å². The summed E-state index contributed by atoms with van der Waals surface area (Å²) in [5, 5.41) is 67.8. The number of allylic oxidation sites excluding steroid dienone is 10. The summed E-state index contributed by atoms with van der Waals surface area (Å²) < 4.78 is 17.8. The van der Waals surface area contributed by atoms with Gasteiger partial charge in [0, 0.05) is 31.2 Å². The van der Waals surface area contributed by atoms with Crippen molar-refractivity contribution in [2.24, 2.45) is 17.3 Å². The van der Waals surface area contributed by atoms with E-state index in [4.69, 9.17) is 14.2 Å². The molecule has 0 spiro atoms. The molecule has 3 rings (SSSR count). The minimum absolute atomic E-state index is 0.0817. The monoisotopic (exact) mass is 796 g/mol. The molecule has 2 aliphatic rings. The number of aromatic nitrogens is 1. The van der Waals surface area contributed by atoms with Gasteiger partial charge in [-0.3, -0.25) is 14.4 Å². The summed E-state index contributed by atoms with van der Waals surface area (Å²) in [4.78, 5) is 40.2. The normalized spacial score (nSPS) is 30.2. The molecule has 0 saturated carbocycles. The Kier molecular flexibility index (Phi) is 17.3. The fraction of sp³-hybridized carbons (Fsp3) is 0.512. The van der Waals surface area contributed by atoms with E-state index in [1.807, 2.05) is 26.8 Å². The summed E-state index contributed by atoms with van der Waals surface area (Å²) in [6, 6.07) is 1.22. The lowest BCUT2D eigenvalue weighted by Crippen LogP contribution is -2.69. The van der Waals surface area contributed by atoms with E-state index in [0.717, 1.165) is 5.57 Å². The van der Waals surface area contributed by atoms with Gasteiger partial charge in [-0.2, -0.15) is 0 Å². The van der Waals surface area contributed by atoms with Crippen LogP contribution in [0.1, 0.15) is 65.2 Å². The highest BCUT2D eigenvalue weighted by molar-refractivity contribution is 6.09. The number of carbonyl (C=O) groups excluding carboxylic acids is 2. The van der Waals surface area contributed by atoms with Crippen molar-refractivity contribution in [3.05, 3.63) is 112 Å². The smallest absolute Gasteiger partial charge is 0.262 e. The Labute approximate surface area is 334 Å². The number of hydrogen-bond donors (Lipinski definition) is 8. The molecule has 0 bridgehead atoms. The molecule has 3 heterocycles. The first-order valence-electron chi connectivity index (χ1n) is 19.1. The molecule has 1 aromatic rings. The Morgan fingerprint density at radius 1 is 1.00 bits per heavy atom. The van der Waals surface area contributed by atoms with Gasteiger partial charge >= 0.3 is 0 Å². The number of ketones is 1. The molecule has 0 radical (unpaired) electrons. The number of methoxy groups -OCH3 is 1. The maximum absolute atomic E-state index is 13.3. The van der Waals surface area contributed by atoms with Crippen molar-refractivity contribution >= 4 is 11.7 Å². The quantitative estimate of drug-likeness (QED) is 0.0647. The highest BCUT2D eigenvalue weighted by Gasteiger charge is 2.60. The van der Waals surface area contributed by atoms with Crippen LogP contribution in [0, 0.1) is 17.3 Å². The van der Waals surface area contributed by atoms with E-state index in [0.29, 0.717) is 0 Å². The van der Waals surface area contributed by atoms with Crippen LogP contribution in [0.2, 0.25) is 0 Å². The van der Waals surface area contributed by atoms with Crippen molar-refractivity contribution in [2.45, 2.75) is 110 Å². The van der Waals surface area contributed by atoms with Crippen LogP contribution in [0.15, 0.2) is 101 Å². The molecule has 8 N–H and O–H groups in total. The molecule has 0 aliphatic carbocycles. The first-order valence-corrected chi connectivity index (χ1v) is 19.1. The molecule has 0 unspecified atom stereocenters. The summed E-state index contributed by atoms with van der Waals surface area (Å²) in [5.74, 6) is -5.55. The van der Waals surface area contributed by atoms with E-state index in [-0.39, 0.29) is 24.1 Å². The van der Waals surface area contributed by atoms with Crippen molar-refractivity contribution in [1.82, 2.24) is 10.3 Å². The van der Waals surface area contributed by atoms with E-state index in [2.05, 4.69) is 10.3 Å². The van der Waals surface area contributed by atoms with Gasteiger partial charge in [0.05, 0.1) is 30.3 Å². The number of aromatic hydroxyl groups is 1. The summed E-state index contributed by atoms with van der Waals surface area (Å²) in [5.41, 5.74) is -1.02. The SMILES string of the molecule is C/C=C/C=C/[C@@H]1O[C@](O)([C@H](CC)C(=O)NC/C=C/C=C(\C)[C@H](OC)[C@H](C)[C@@H]2O[C@H](/C=C/C=C/C=C(\C)C(=O)c3c(O)cc[nH]c3=O)[C@H](O)[C@@H]2O)[C@@H](O)[C@@H](O)C1(C)C. The van der Waals surface area contributed by atoms with Crippen LogP contribution in [-0.4, -0.2) is 116 Å². The fourth-order valence-corrected chi connectivity index (χ4v) is 7.12. The second kappa shape index (κ2) is 21.0.